The first-order valence-corrected chi connectivity index (χ1v) is 4.08. The highest BCUT2D eigenvalue weighted by Crippen LogP contribution is 2.20. The third-order valence-corrected chi connectivity index (χ3v) is 1.92. The van der Waals surface area contributed by atoms with Crippen molar-refractivity contribution in [1.29, 1.82) is 0 Å². The molecule has 0 amide bonds. The van der Waals surface area contributed by atoms with Crippen LogP contribution in [0.5, 0.6) is 0 Å². The molecule has 2 N–H and O–H groups in total. The number of halogens is 1. The first-order chi connectivity index (χ1) is 5.29. The summed E-state index contributed by atoms with van der Waals surface area (Å²) in [5, 5.41) is 15.6. The van der Waals surface area contributed by atoms with Crippen molar-refractivity contribution in [1.82, 2.24) is 9.78 Å². The Hall–Kier alpha value is -0.550. The van der Waals surface area contributed by atoms with Crippen molar-refractivity contribution in [2.24, 2.45) is 0 Å². The quantitative estimate of drug-likeness (QED) is 0.787. The number of rotatable bonds is 3. The van der Waals surface area contributed by atoms with E-state index in [2.05, 4.69) is 26.3 Å². The van der Waals surface area contributed by atoms with Crippen LogP contribution in [0.4, 0.5) is 5.82 Å². The van der Waals surface area contributed by atoms with Gasteiger partial charge in [-0.05, 0) is 15.9 Å². The normalized spacial score (nSPS) is 10.1. The molecule has 0 fully saturated rings. The highest BCUT2D eigenvalue weighted by Gasteiger charge is 2.04. The summed E-state index contributed by atoms with van der Waals surface area (Å²) < 4.78 is 2.61. The molecule has 11 heavy (non-hydrogen) atoms. The summed E-state index contributed by atoms with van der Waals surface area (Å²) in [6, 6.07) is 0. The maximum absolute atomic E-state index is 8.64. The maximum atomic E-state index is 8.64. The molecule has 0 aromatic carbocycles. The summed E-state index contributed by atoms with van der Waals surface area (Å²) in [6.07, 6.45) is 1.70. The van der Waals surface area contributed by atoms with Crippen LogP contribution in [-0.2, 0) is 6.54 Å². The van der Waals surface area contributed by atoms with E-state index in [9.17, 15) is 0 Å². The standard InChI is InChI=1S/C6H10BrN3O/c1-8-6-5(7)4-9-10(6)2-3-11/h4,8,11H,2-3H2,1H3. The molecule has 4 nitrogen and oxygen atoms in total. The van der Waals surface area contributed by atoms with E-state index in [1.165, 1.54) is 0 Å². The van der Waals surface area contributed by atoms with Crippen molar-refractivity contribution >= 4 is 21.7 Å². The molecule has 1 aromatic heterocycles. The molecule has 0 atom stereocenters. The van der Waals surface area contributed by atoms with Gasteiger partial charge in [-0.1, -0.05) is 0 Å². The van der Waals surface area contributed by atoms with Crippen molar-refractivity contribution in [3.8, 4) is 0 Å². The SMILES string of the molecule is CNc1c(Br)cnn1CCO. The summed E-state index contributed by atoms with van der Waals surface area (Å²) in [4.78, 5) is 0. The molecular formula is C6H10BrN3O. The van der Waals surface area contributed by atoms with Crippen molar-refractivity contribution in [2.75, 3.05) is 19.0 Å². The van der Waals surface area contributed by atoms with E-state index in [-0.39, 0.29) is 6.61 Å². The predicted molar refractivity (Wildman–Crippen MR) is 46.6 cm³/mol. The van der Waals surface area contributed by atoms with Crippen LogP contribution in [0.25, 0.3) is 0 Å². The van der Waals surface area contributed by atoms with Gasteiger partial charge in [-0.2, -0.15) is 5.10 Å². The van der Waals surface area contributed by atoms with Gasteiger partial charge in [0.2, 0.25) is 0 Å². The third-order valence-electron chi connectivity index (χ3n) is 1.34. The van der Waals surface area contributed by atoms with Crippen LogP contribution < -0.4 is 5.32 Å². The Balaban J connectivity index is 2.86. The fourth-order valence-corrected chi connectivity index (χ4v) is 1.37. The van der Waals surface area contributed by atoms with E-state index >= 15 is 0 Å². The van der Waals surface area contributed by atoms with Crippen LogP contribution in [0.3, 0.4) is 0 Å². The zero-order valence-corrected chi connectivity index (χ0v) is 7.80. The van der Waals surface area contributed by atoms with Gasteiger partial charge in [-0.3, -0.25) is 0 Å². The highest BCUT2D eigenvalue weighted by atomic mass is 79.9. The van der Waals surface area contributed by atoms with Crippen molar-refractivity contribution in [2.45, 2.75) is 6.54 Å². The second-order valence-electron chi connectivity index (χ2n) is 2.04. The molecule has 0 aliphatic heterocycles. The lowest BCUT2D eigenvalue weighted by atomic mass is 10.6. The van der Waals surface area contributed by atoms with Gasteiger partial charge < -0.3 is 10.4 Å². The van der Waals surface area contributed by atoms with Gasteiger partial charge >= 0.3 is 0 Å². The van der Waals surface area contributed by atoms with E-state index in [0.29, 0.717) is 6.54 Å². The molecule has 62 valence electrons. The number of nitrogens with one attached hydrogen (secondary N) is 1. The monoisotopic (exact) mass is 219 g/mol. The minimum Gasteiger partial charge on any atom is -0.394 e. The Morgan fingerprint density at radius 3 is 3.09 bits per heavy atom. The van der Waals surface area contributed by atoms with E-state index < -0.39 is 0 Å². The molecular weight excluding hydrogens is 210 g/mol. The van der Waals surface area contributed by atoms with E-state index in [4.69, 9.17) is 5.11 Å². The maximum Gasteiger partial charge on any atom is 0.138 e. The zero-order valence-electron chi connectivity index (χ0n) is 6.21. The van der Waals surface area contributed by atoms with E-state index in [1.54, 1.807) is 10.9 Å². The Kier molecular flexibility index (Phi) is 2.90. The number of aromatic nitrogens is 2. The van der Waals surface area contributed by atoms with Crippen LogP contribution in [0, 0.1) is 0 Å². The molecule has 0 aliphatic rings. The smallest absolute Gasteiger partial charge is 0.138 e. The van der Waals surface area contributed by atoms with Gasteiger partial charge in [0.05, 0.1) is 23.8 Å². The highest BCUT2D eigenvalue weighted by molar-refractivity contribution is 9.10. The molecule has 0 saturated heterocycles. The van der Waals surface area contributed by atoms with Crippen LogP contribution in [0.2, 0.25) is 0 Å². The Labute approximate surface area is 73.3 Å². The Morgan fingerprint density at radius 1 is 1.82 bits per heavy atom. The van der Waals surface area contributed by atoms with Crippen molar-refractivity contribution < 1.29 is 5.11 Å². The second-order valence-corrected chi connectivity index (χ2v) is 2.89. The molecule has 0 saturated carbocycles. The van der Waals surface area contributed by atoms with E-state index in [0.717, 1.165) is 10.3 Å². The summed E-state index contributed by atoms with van der Waals surface area (Å²) in [5.41, 5.74) is 0. The number of anilines is 1. The molecule has 0 aliphatic carbocycles. The lowest BCUT2D eigenvalue weighted by molar-refractivity contribution is 0.270. The number of nitrogens with zero attached hydrogens (tertiary/aromatic N) is 2. The van der Waals surface area contributed by atoms with Crippen LogP contribution in [0.15, 0.2) is 10.7 Å². The van der Waals surface area contributed by atoms with Gasteiger partial charge in [-0.15, -0.1) is 0 Å². The largest absolute Gasteiger partial charge is 0.394 e. The van der Waals surface area contributed by atoms with Gasteiger partial charge in [0.25, 0.3) is 0 Å². The van der Waals surface area contributed by atoms with Crippen molar-refractivity contribution in [3.63, 3.8) is 0 Å². The zero-order chi connectivity index (χ0) is 8.27. The average molecular weight is 220 g/mol. The minimum atomic E-state index is 0.100. The molecule has 0 unspecified atom stereocenters. The van der Waals surface area contributed by atoms with E-state index in [1.807, 2.05) is 7.05 Å². The summed E-state index contributed by atoms with van der Waals surface area (Å²) in [5.74, 6) is 0.888. The molecule has 1 aromatic rings. The fourth-order valence-electron chi connectivity index (χ4n) is 0.875. The first kappa shape index (κ1) is 8.55. The number of aliphatic hydroxyl groups excluding tert-OH is 1. The topological polar surface area (TPSA) is 50.1 Å². The molecule has 5 heteroatoms. The van der Waals surface area contributed by atoms with Gasteiger partial charge in [0.1, 0.15) is 5.82 Å². The number of hydrogen-bond acceptors (Lipinski definition) is 3. The lowest BCUT2D eigenvalue weighted by Crippen LogP contribution is -2.07. The number of aliphatic hydroxyl groups is 1. The van der Waals surface area contributed by atoms with Crippen LogP contribution in [0.1, 0.15) is 0 Å². The number of hydrogen-bond donors (Lipinski definition) is 2. The molecule has 1 heterocycles. The first-order valence-electron chi connectivity index (χ1n) is 3.29. The molecule has 0 bridgehead atoms. The molecule has 0 radical (unpaired) electrons. The Bertz CT molecular complexity index is 236. The minimum absolute atomic E-state index is 0.100. The molecule has 0 spiro atoms. The van der Waals surface area contributed by atoms with Gasteiger partial charge in [0.15, 0.2) is 0 Å². The summed E-state index contributed by atoms with van der Waals surface area (Å²) in [6.45, 7) is 0.616. The predicted octanol–water partition coefficient (Wildman–Crippen LogP) is 0.680. The Morgan fingerprint density at radius 2 is 2.55 bits per heavy atom. The summed E-state index contributed by atoms with van der Waals surface area (Å²) >= 11 is 3.32. The second kappa shape index (κ2) is 3.73. The molecule has 1 rings (SSSR count). The third kappa shape index (κ3) is 1.72. The lowest BCUT2D eigenvalue weighted by Gasteiger charge is -2.04. The van der Waals surface area contributed by atoms with Crippen LogP contribution in [-0.4, -0.2) is 28.5 Å². The van der Waals surface area contributed by atoms with Crippen LogP contribution >= 0.6 is 15.9 Å². The summed E-state index contributed by atoms with van der Waals surface area (Å²) in [7, 11) is 1.82. The average Bonchev–Trinajstić information content (AvgIpc) is 2.33. The fraction of sp³-hybridized carbons (Fsp3) is 0.500. The van der Waals surface area contributed by atoms with Gasteiger partial charge in [0, 0.05) is 7.05 Å². The van der Waals surface area contributed by atoms with Gasteiger partial charge in [-0.25, -0.2) is 4.68 Å². The van der Waals surface area contributed by atoms with Crippen molar-refractivity contribution in [3.05, 3.63) is 10.7 Å².